The maximum atomic E-state index is 13.9. The molecule has 0 spiro atoms. The van der Waals surface area contributed by atoms with Crippen LogP contribution in [0.5, 0.6) is 5.75 Å². The predicted molar refractivity (Wildman–Crippen MR) is 175 cm³/mol. The Morgan fingerprint density at radius 3 is 2.58 bits per heavy atom. The van der Waals surface area contributed by atoms with E-state index in [-0.39, 0.29) is 50.2 Å². The fraction of sp³-hybridized carbons (Fsp3) is 0.697. The number of halogens is 1. The molecule has 1 aromatic rings. The van der Waals surface area contributed by atoms with Crippen LogP contribution >= 0.6 is 22.6 Å². The van der Waals surface area contributed by atoms with Crippen LogP contribution in [0.3, 0.4) is 0 Å². The number of nitrogens with zero attached hydrogens (tertiary/aromatic N) is 1. The highest BCUT2D eigenvalue weighted by Crippen LogP contribution is 2.36. The van der Waals surface area contributed by atoms with Crippen LogP contribution in [-0.2, 0) is 19.1 Å². The highest BCUT2D eigenvalue weighted by molar-refractivity contribution is 14.1. The first-order valence-corrected chi connectivity index (χ1v) is 16.8. The molecule has 6 unspecified atom stereocenters. The largest absolute Gasteiger partial charge is 0.482 e. The van der Waals surface area contributed by atoms with Crippen LogP contribution in [0.25, 0.3) is 0 Å². The fourth-order valence-electron chi connectivity index (χ4n) is 6.06. The van der Waals surface area contributed by atoms with Gasteiger partial charge in [0.05, 0.1) is 28.4 Å². The topological polar surface area (TPSA) is 118 Å². The molecule has 0 radical (unpaired) electrons. The first kappa shape index (κ1) is 35.7. The number of carbonyl (C=O) groups excluding carboxylic acids is 2. The van der Waals surface area contributed by atoms with Crippen LogP contribution in [0.4, 0.5) is 0 Å². The van der Waals surface area contributed by atoms with E-state index in [2.05, 4.69) is 48.7 Å². The Labute approximate surface area is 270 Å². The highest BCUT2D eigenvalue weighted by atomic mass is 127. The van der Waals surface area contributed by atoms with Crippen molar-refractivity contribution in [3.8, 4) is 5.75 Å². The summed E-state index contributed by atoms with van der Waals surface area (Å²) in [5.41, 5.74) is 0.401. The molecule has 1 aromatic carbocycles. The summed E-state index contributed by atoms with van der Waals surface area (Å²) in [6, 6.07) is 6.75. The van der Waals surface area contributed by atoms with Gasteiger partial charge in [-0.25, -0.2) is 0 Å². The molecular weight excluding hydrogens is 663 g/mol. The maximum Gasteiger partial charge on any atom is 0.248 e. The number of hydrogen-bond donors (Lipinski definition) is 3. The van der Waals surface area contributed by atoms with Gasteiger partial charge < -0.3 is 34.6 Å². The van der Waals surface area contributed by atoms with Crippen LogP contribution in [-0.4, -0.2) is 90.3 Å². The molecule has 0 bridgehead atoms. The molecule has 0 aliphatic heterocycles. The van der Waals surface area contributed by atoms with Gasteiger partial charge in [0.2, 0.25) is 11.8 Å². The first-order valence-electron chi connectivity index (χ1n) is 15.7. The standard InChI is InChI=1S/C33H51IN2O7/c1-21(2)25-12-11-23(5)17-29(25)42-20-31(38)36(14-8-16-41-22(3)4)27-18-24(33(40)35-13-15-37)19-30(32(27)39)43-28-10-7-6-9-26(28)34/h6-7,9-10,19,21-23,25,27,29-30,32,37,39H,8,11-18,20H2,1-5H3,(H,35,40). The van der Waals surface area contributed by atoms with Crippen molar-refractivity contribution in [2.75, 3.05) is 32.9 Å². The average molecular weight is 715 g/mol. The Kier molecular flexibility index (Phi) is 14.7. The summed E-state index contributed by atoms with van der Waals surface area (Å²) in [7, 11) is 0. The highest BCUT2D eigenvalue weighted by Gasteiger charge is 2.41. The van der Waals surface area contributed by atoms with Gasteiger partial charge in [0.25, 0.3) is 0 Å². The Morgan fingerprint density at radius 2 is 1.91 bits per heavy atom. The van der Waals surface area contributed by atoms with Crippen LogP contribution in [0.2, 0.25) is 0 Å². The normalized spacial score (nSPS) is 25.9. The molecule has 6 atom stereocenters. The van der Waals surface area contributed by atoms with Gasteiger partial charge in [0.1, 0.15) is 24.6 Å². The number of aliphatic hydroxyl groups is 2. The molecule has 2 amide bonds. The summed E-state index contributed by atoms with van der Waals surface area (Å²) < 4.78 is 19.2. The van der Waals surface area contributed by atoms with Gasteiger partial charge in [-0.1, -0.05) is 39.3 Å². The quantitative estimate of drug-likeness (QED) is 0.183. The minimum absolute atomic E-state index is 0.00561. The van der Waals surface area contributed by atoms with Crippen molar-refractivity contribution in [3.05, 3.63) is 39.5 Å². The Hall–Kier alpha value is -1.73. The van der Waals surface area contributed by atoms with Crippen molar-refractivity contribution in [1.82, 2.24) is 10.2 Å². The van der Waals surface area contributed by atoms with Crippen molar-refractivity contribution >= 4 is 34.4 Å². The van der Waals surface area contributed by atoms with Crippen LogP contribution in [0, 0.1) is 21.3 Å². The average Bonchev–Trinajstić information content (AvgIpc) is 2.96. The minimum atomic E-state index is -1.08. The van der Waals surface area contributed by atoms with Crippen molar-refractivity contribution in [2.24, 2.45) is 17.8 Å². The smallest absolute Gasteiger partial charge is 0.248 e. The van der Waals surface area contributed by atoms with E-state index < -0.39 is 18.2 Å². The second-order valence-electron chi connectivity index (χ2n) is 12.5. The number of carbonyl (C=O) groups is 2. The molecule has 2 aliphatic rings. The third-order valence-corrected chi connectivity index (χ3v) is 9.30. The van der Waals surface area contributed by atoms with Gasteiger partial charge in [0.15, 0.2) is 0 Å². The van der Waals surface area contributed by atoms with Gasteiger partial charge in [-0.2, -0.15) is 0 Å². The number of para-hydroxylation sites is 1. The van der Waals surface area contributed by atoms with E-state index in [4.69, 9.17) is 14.2 Å². The molecule has 0 saturated heterocycles. The number of benzene rings is 1. The van der Waals surface area contributed by atoms with E-state index in [1.807, 2.05) is 38.1 Å². The number of ether oxygens (including phenoxy) is 3. The zero-order valence-electron chi connectivity index (χ0n) is 26.3. The van der Waals surface area contributed by atoms with E-state index in [1.165, 1.54) is 6.42 Å². The molecule has 242 valence electrons. The van der Waals surface area contributed by atoms with Gasteiger partial charge in [-0.15, -0.1) is 0 Å². The third-order valence-electron chi connectivity index (χ3n) is 8.41. The van der Waals surface area contributed by atoms with E-state index in [0.29, 0.717) is 48.6 Å². The van der Waals surface area contributed by atoms with Crippen molar-refractivity contribution in [1.29, 1.82) is 0 Å². The molecule has 10 heteroatoms. The summed E-state index contributed by atoms with van der Waals surface area (Å²) in [5, 5.41) is 23.6. The van der Waals surface area contributed by atoms with E-state index in [0.717, 1.165) is 16.4 Å². The number of rotatable bonds is 15. The van der Waals surface area contributed by atoms with E-state index >= 15 is 0 Å². The lowest BCUT2D eigenvalue weighted by Gasteiger charge is -2.41. The zero-order valence-corrected chi connectivity index (χ0v) is 28.5. The summed E-state index contributed by atoms with van der Waals surface area (Å²) in [6.07, 6.45) is 3.65. The maximum absolute atomic E-state index is 13.9. The monoisotopic (exact) mass is 714 g/mol. The fourth-order valence-corrected chi connectivity index (χ4v) is 6.58. The number of nitrogens with one attached hydrogen (secondary N) is 1. The molecule has 0 heterocycles. The molecule has 0 aromatic heterocycles. The lowest BCUT2D eigenvalue weighted by molar-refractivity contribution is -0.148. The Balaban J connectivity index is 1.86. The van der Waals surface area contributed by atoms with Crippen LogP contribution in [0.15, 0.2) is 35.9 Å². The molecule has 3 rings (SSSR count). The molecule has 1 fully saturated rings. The number of hydrogen-bond acceptors (Lipinski definition) is 7. The van der Waals surface area contributed by atoms with Crippen molar-refractivity contribution in [3.63, 3.8) is 0 Å². The molecule has 9 nitrogen and oxygen atoms in total. The van der Waals surface area contributed by atoms with E-state index in [9.17, 15) is 19.8 Å². The number of aliphatic hydroxyl groups excluding tert-OH is 2. The molecule has 2 aliphatic carbocycles. The van der Waals surface area contributed by atoms with Crippen LogP contribution in [0.1, 0.15) is 66.7 Å². The van der Waals surface area contributed by atoms with Gasteiger partial charge in [0, 0.05) is 31.7 Å². The second-order valence-corrected chi connectivity index (χ2v) is 13.6. The third kappa shape index (κ3) is 10.7. The Bertz CT molecular complexity index is 1070. The van der Waals surface area contributed by atoms with Crippen LogP contribution < -0.4 is 10.1 Å². The predicted octanol–water partition coefficient (Wildman–Crippen LogP) is 4.33. The van der Waals surface area contributed by atoms with Gasteiger partial charge >= 0.3 is 0 Å². The summed E-state index contributed by atoms with van der Waals surface area (Å²) in [6.45, 7) is 11.2. The number of amides is 2. The minimum Gasteiger partial charge on any atom is -0.482 e. The lowest BCUT2D eigenvalue weighted by Crippen LogP contribution is -2.56. The van der Waals surface area contributed by atoms with Crippen molar-refractivity contribution in [2.45, 2.75) is 97.2 Å². The second kappa shape index (κ2) is 17.7. The summed E-state index contributed by atoms with van der Waals surface area (Å²) >= 11 is 2.17. The first-order chi connectivity index (χ1) is 20.5. The lowest BCUT2D eigenvalue weighted by atomic mass is 9.75. The van der Waals surface area contributed by atoms with Crippen molar-refractivity contribution < 1.29 is 34.0 Å². The summed E-state index contributed by atoms with van der Waals surface area (Å²) in [4.78, 5) is 28.7. The van der Waals surface area contributed by atoms with Gasteiger partial charge in [-0.3, -0.25) is 9.59 Å². The molecule has 3 N–H and O–H groups in total. The molecular formula is C33H51IN2O7. The SMILES string of the molecule is CC1CCC(C(C)C)C(OCC(=O)N(CCCOC(C)C)C2CC(C(=O)NCCO)=CC(Oc3ccccc3I)C2O)C1. The van der Waals surface area contributed by atoms with E-state index in [1.54, 1.807) is 11.0 Å². The molecule has 43 heavy (non-hydrogen) atoms. The zero-order chi connectivity index (χ0) is 31.5. The van der Waals surface area contributed by atoms with Gasteiger partial charge in [-0.05, 0) is 91.7 Å². The summed E-state index contributed by atoms with van der Waals surface area (Å²) in [5.74, 6) is 1.40. The Morgan fingerprint density at radius 1 is 1.16 bits per heavy atom. The molecule has 1 saturated carbocycles.